The van der Waals surface area contributed by atoms with Gasteiger partial charge in [0.15, 0.2) is 0 Å². The molecule has 1 aromatic carbocycles. The number of urea groups is 1. The third kappa shape index (κ3) is 2.68. The molecule has 108 valence electrons. The lowest BCUT2D eigenvalue weighted by Crippen LogP contribution is -2.50. The van der Waals surface area contributed by atoms with Crippen molar-refractivity contribution in [3.8, 4) is 0 Å². The lowest BCUT2D eigenvalue weighted by molar-refractivity contribution is -0.142. The van der Waals surface area contributed by atoms with Gasteiger partial charge in [0.25, 0.3) is 0 Å². The molecule has 0 fully saturated rings. The van der Waals surface area contributed by atoms with Crippen LogP contribution in [0.1, 0.15) is 11.1 Å². The number of fused-ring (bicyclic) bond motifs is 1. The highest BCUT2D eigenvalue weighted by Crippen LogP contribution is 2.24. The molecule has 2 N–H and O–H groups in total. The number of aromatic nitrogens is 3. The summed E-state index contributed by atoms with van der Waals surface area (Å²) in [7, 11) is 0. The van der Waals surface area contributed by atoms with Crippen molar-refractivity contribution in [1.82, 2.24) is 19.7 Å². The molecule has 0 saturated heterocycles. The van der Waals surface area contributed by atoms with Crippen LogP contribution in [0.25, 0.3) is 0 Å². The minimum absolute atomic E-state index is 0.239. The van der Waals surface area contributed by atoms with E-state index in [1.807, 2.05) is 24.3 Å². The Kier molecular flexibility index (Phi) is 3.48. The Hall–Kier alpha value is -2.55. The van der Waals surface area contributed by atoms with Gasteiger partial charge in [-0.3, -0.25) is 5.32 Å². The SMILES string of the molecule is O=C(O)[C@H]1Cc2ccccc2CN1C(=O)Nc1nnns1. The molecule has 1 atom stereocenters. The minimum atomic E-state index is -1.03. The number of carboxylic acids is 1. The van der Waals surface area contributed by atoms with Crippen LogP contribution in [-0.2, 0) is 17.8 Å². The summed E-state index contributed by atoms with van der Waals surface area (Å²) in [5, 5.41) is 19.1. The number of hydrogen-bond acceptors (Lipinski definition) is 6. The molecule has 21 heavy (non-hydrogen) atoms. The summed E-state index contributed by atoms with van der Waals surface area (Å²) in [6.45, 7) is 0.241. The summed E-state index contributed by atoms with van der Waals surface area (Å²) in [4.78, 5) is 25.0. The molecule has 1 aromatic heterocycles. The lowest BCUT2D eigenvalue weighted by Gasteiger charge is -2.34. The Bertz CT molecular complexity index is 675. The van der Waals surface area contributed by atoms with Crippen molar-refractivity contribution < 1.29 is 14.7 Å². The van der Waals surface area contributed by atoms with Gasteiger partial charge in [0.1, 0.15) is 6.04 Å². The van der Waals surface area contributed by atoms with Gasteiger partial charge < -0.3 is 10.0 Å². The van der Waals surface area contributed by atoms with E-state index in [9.17, 15) is 14.7 Å². The van der Waals surface area contributed by atoms with Crippen molar-refractivity contribution in [2.45, 2.75) is 19.0 Å². The first kappa shape index (κ1) is 13.4. The van der Waals surface area contributed by atoms with Gasteiger partial charge in [-0.2, -0.15) is 0 Å². The van der Waals surface area contributed by atoms with Crippen LogP contribution >= 0.6 is 11.5 Å². The first-order valence-corrected chi connectivity index (χ1v) is 6.94. The van der Waals surface area contributed by atoms with E-state index in [0.29, 0.717) is 0 Å². The van der Waals surface area contributed by atoms with E-state index < -0.39 is 18.0 Å². The first-order chi connectivity index (χ1) is 10.1. The second-order valence-corrected chi connectivity index (χ2v) is 5.29. The number of carbonyl (C=O) groups is 2. The summed E-state index contributed by atoms with van der Waals surface area (Å²) in [6, 6.07) is 6.08. The summed E-state index contributed by atoms with van der Waals surface area (Å²) < 4.78 is 3.54. The molecule has 2 amide bonds. The topological polar surface area (TPSA) is 108 Å². The Morgan fingerprint density at radius 3 is 2.76 bits per heavy atom. The van der Waals surface area contributed by atoms with Crippen LogP contribution in [0, 0.1) is 0 Å². The van der Waals surface area contributed by atoms with Gasteiger partial charge in [-0.15, -0.1) is 0 Å². The molecular weight excluding hydrogens is 294 g/mol. The molecule has 1 aliphatic rings. The number of benzene rings is 1. The first-order valence-electron chi connectivity index (χ1n) is 6.17. The number of carboxylic acid groups (broad SMARTS) is 1. The number of nitrogens with one attached hydrogen (secondary N) is 1. The molecule has 9 heteroatoms. The molecule has 0 unspecified atom stereocenters. The van der Waals surface area contributed by atoms with Gasteiger partial charge in [-0.25, -0.2) is 9.59 Å². The molecular formula is C12H11N5O3S. The van der Waals surface area contributed by atoms with Crippen molar-refractivity contribution in [2.75, 3.05) is 5.32 Å². The van der Waals surface area contributed by atoms with E-state index in [1.54, 1.807) is 0 Å². The van der Waals surface area contributed by atoms with Gasteiger partial charge in [0.05, 0.1) is 0 Å². The van der Waals surface area contributed by atoms with Crippen molar-refractivity contribution in [2.24, 2.45) is 0 Å². The number of nitrogens with zero attached hydrogens (tertiary/aromatic N) is 4. The second-order valence-electron chi connectivity index (χ2n) is 4.55. The van der Waals surface area contributed by atoms with E-state index in [4.69, 9.17) is 0 Å². The largest absolute Gasteiger partial charge is 0.480 e. The van der Waals surface area contributed by atoms with Crippen LogP contribution in [0.3, 0.4) is 0 Å². The van der Waals surface area contributed by atoms with E-state index in [-0.39, 0.29) is 18.1 Å². The number of aliphatic carboxylic acids is 1. The lowest BCUT2D eigenvalue weighted by atomic mass is 9.94. The number of amides is 2. The van der Waals surface area contributed by atoms with Crippen molar-refractivity contribution in [3.05, 3.63) is 35.4 Å². The third-order valence-electron chi connectivity index (χ3n) is 3.31. The average molecular weight is 305 g/mol. The van der Waals surface area contributed by atoms with Gasteiger partial charge in [0.2, 0.25) is 5.13 Å². The van der Waals surface area contributed by atoms with E-state index in [1.165, 1.54) is 4.90 Å². The third-order valence-corrected chi connectivity index (χ3v) is 3.82. The van der Waals surface area contributed by atoms with E-state index >= 15 is 0 Å². The number of rotatable bonds is 2. The zero-order valence-electron chi connectivity index (χ0n) is 10.8. The highest BCUT2D eigenvalue weighted by atomic mass is 32.1. The molecule has 2 aromatic rings. The fourth-order valence-corrected chi connectivity index (χ4v) is 2.66. The van der Waals surface area contributed by atoms with Crippen molar-refractivity contribution in [3.63, 3.8) is 0 Å². The van der Waals surface area contributed by atoms with Gasteiger partial charge >= 0.3 is 12.0 Å². The van der Waals surface area contributed by atoms with Crippen molar-refractivity contribution >= 4 is 28.7 Å². The van der Waals surface area contributed by atoms with Crippen LogP contribution < -0.4 is 5.32 Å². The van der Waals surface area contributed by atoms with Crippen LogP contribution in [0.4, 0.5) is 9.93 Å². The number of carbonyl (C=O) groups excluding carboxylic acids is 1. The van der Waals surface area contributed by atoms with E-state index in [2.05, 4.69) is 20.1 Å². The highest BCUT2D eigenvalue weighted by molar-refractivity contribution is 7.09. The number of hydrogen-bond donors (Lipinski definition) is 2. The molecule has 0 radical (unpaired) electrons. The normalized spacial score (nSPS) is 17.1. The fraction of sp³-hybridized carbons (Fsp3) is 0.250. The maximum atomic E-state index is 12.3. The van der Waals surface area contributed by atoms with Crippen LogP contribution in [0.15, 0.2) is 24.3 Å². The molecule has 0 aliphatic carbocycles. The Balaban J connectivity index is 1.85. The molecule has 0 bridgehead atoms. The molecule has 3 rings (SSSR count). The molecule has 1 aliphatic heterocycles. The second kappa shape index (κ2) is 5.44. The monoisotopic (exact) mass is 305 g/mol. The summed E-state index contributed by atoms with van der Waals surface area (Å²) >= 11 is 0.932. The fourth-order valence-electron chi connectivity index (χ4n) is 2.30. The van der Waals surface area contributed by atoms with Gasteiger partial charge in [-0.1, -0.05) is 33.9 Å². The Morgan fingerprint density at radius 1 is 1.33 bits per heavy atom. The highest BCUT2D eigenvalue weighted by Gasteiger charge is 2.34. The minimum Gasteiger partial charge on any atom is -0.480 e. The molecule has 2 heterocycles. The molecule has 0 saturated carbocycles. The average Bonchev–Trinajstić information content (AvgIpc) is 2.98. The van der Waals surface area contributed by atoms with Crippen LogP contribution in [0.2, 0.25) is 0 Å². The standard InChI is InChI=1S/C12H11N5O3S/c18-10(19)9-5-7-3-1-2-4-8(7)6-17(9)12(20)13-11-14-15-16-21-11/h1-4,9H,5-6H2,(H,18,19)(H,13,14,16,20)/t9-/m1/s1. The zero-order valence-corrected chi connectivity index (χ0v) is 11.6. The smallest absolute Gasteiger partial charge is 0.326 e. The predicted octanol–water partition coefficient (Wildman–Crippen LogP) is 0.976. The summed E-state index contributed by atoms with van der Waals surface area (Å²) in [6.07, 6.45) is 0.285. The van der Waals surface area contributed by atoms with Gasteiger partial charge in [-0.05, 0) is 16.3 Å². The van der Waals surface area contributed by atoms with E-state index in [0.717, 1.165) is 22.7 Å². The number of anilines is 1. The molecule has 8 nitrogen and oxygen atoms in total. The Morgan fingerprint density at radius 2 is 2.10 bits per heavy atom. The predicted molar refractivity (Wildman–Crippen MR) is 73.8 cm³/mol. The maximum Gasteiger partial charge on any atom is 0.326 e. The summed E-state index contributed by atoms with van der Waals surface area (Å²) in [5.74, 6) is -1.03. The molecule has 0 spiro atoms. The maximum absolute atomic E-state index is 12.3. The quantitative estimate of drug-likeness (QED) is 0.856. The van der Waals surface area contributed by atoms with Crippen LogP contribution in [0.5, 0.6) is 0 Å². The van der Waals surface area contributed by atoms with Crippen molar-refractivity contribution in [1.29, 1.82) is 0 Å². The van der Waals surface area contributed by atoms with Crippen LogP contribution in [-0.4, -0.2) is 42.8 Å². The van der Waals surface area contributed by atoms with Gasteiger partial charge in [0, 0.05) is 24.5 Å². The Labute approximate surface area is 123 Å². The zero-order chi connectivity index (χ0) is 14.8. The summed E-state index contributed by atoms with van der Waals surface area (Å²) in [5.41, 5.74) is 1.90.